The quantitative estimate of drug-likeness (QED) is 0.0360. The van der Waals surface area contributed by atoms with Crippen LogP contribution in [0, 0.1) is 12.8 Å². The van der Waals surface area contributed by atoms with E-state index in [4.69, 9.17) is 15.3 Å². The Labute approximate surface area is 387 Å². The van der Waals surface area contributed by atoms with Gasteiger partial charge in [0.2, 0.25) is 5.91 Å². The number of aliphatic hydroxyl groups is 1. The molecule has 7 N–H and O–H groups in total. The minimum atomic E-state index is -0.984. The van der Waals surface area contributed by atoms with Gasteiger partial charge in [-0.2, -0.15) is 10.2 Å². The van der Waals surface area contributed by atoms with Crippen LogP contribution in [-0.2, 0) is 25.7 Å². The lowest BCUT2D eigenvalue weighted by Gasteiger charge is -2.31. The van der Waals surface area contributed by atoms with E-state index in [0.29, 0.717) is 44.3 Å². The first-order valence-electron chi connectivity index (χ1n) is 24.2. The van der Waals surface area contributed by atoms with Gasteiger partial charge in [0.15, 0.2) is 5.84 Å². The molecule has 0 radical (unpaired) electrons. The van der Waals surface area contributed by atoms with Crippen LogP contribution >= 0.6 is 0 Å². The van der Waals surface area contributed by atoms with Gasteiger partial charge in [-0.1, -0.05) is 126 Å². The molecule has 0 saturated heterocycles. The van der Waals surface area contributed by atoms with Gasteiger partial charge in [0.25, 0.3) is 0 Å². The van der Waals surface area contributed by atoms with Crippen LogP contribution in [0.5, 0.6) is 0 Å². The van der Waals surface area contributed by atoms with Crippen molar-refractivity contribution >= 4 is 36.0 Å². The Bertz CT molecular complexity index is 1470. The minimum absolute atomic E-state index is 0.0660. The van der Waals surface area contributed by atoms with Crippen LogP contribution in [0.3, 0.4) is 0 Å². The smallest absolute Gasteiger partial charge is 0.320 e. The number of hydrogen-bond donors (Lipinski definition) is 7. The normalized spacial score (nSPS) is 13.0. The van der Waals surface area contributed by atoms with Gasteiger partial charge in [-0.15, -0.1) is 0 Å². The maximum absolute atomic E-state index is 12.6. The Kier molecular flexibility index (Phi) is 42.3. The Morgan fingerprint density at radius 2 is 1.42 bits per heavy atom. The topological polar surface area (TPSA) is 216 Å². The summed E-state index contributed by atoms with van der Waals surface area (Å²) in [6.45, 7) is 26.6. The molecule has 15 heteroatoms. The van der Waals surface area contributed by atoms with Crippen LogP contribution < -0.4 is 16.2 Å². The fourth-order valence-electron chi connectivity index (χ4n) is 6.26. The van der Waals surface area contributed by atoms with Crippen LogP contribution in [0.2, 0.25) is 0 Å². The summed E-state index contributed by atoms with van der Waals surface area (Å²) in [5.74, 6) is -0.709. The molecule has 370 valence electrons. The summed E-state index contributed by atoms with van der Waals surface area (Å²) >= 11 is 0. The van der Waals surface area contributed by atoms with Gasteiger partial charge in [-0.05, 0) is 87.7 Å². The maximum Gasteiger partial charge on any atom is 0.320 e. The van der Waals surface area contributed by atoms with E-state index in [2.05, 4.69) is 47.1 Å². The largest absolute Gasteiger partial charge is 0.512 e. The zero-order chi connectivity index (χ0) is 49.3. The van der Waals surface area contributed by atoms with Gasteiger partial charge in [0.05, 0.1) is 12.3 Å². The average Bonchev–Trinajstić information content (AvgIpc) is 3.27. The second-order valence-corrected chi connectivity index (χ2v) is 15.4. The van der Waals surface area contributed by atoms with E-state index in [1.54, 1.807) is 6.92 Å². The van der Waals surface area contributed by atoms with Crippen LogP contribution in [0.1, 0.15) is 189 Å². The Morgan fingerprint density at radius 3 is 1.88 bits per heavy atom. The molecule has 2 atom stereocenters. The van der Waals surface area contributed by atoms with E-state index >= 15 is 0 Å². The van der Waals surface area contributed by atoms with Gasteiger partial charge in [-0.3, -0.25) is 39.8 Å². The summed E-state index contributed by atoms with van der Waals surface area (Å²) in [5, 5.41) is 46.8. The number of allylic oxidation sites excluding steroid dienone is 2. The average molecular weight is 906 g/mol. The highest BCUT2D eigenvalue weighted by atomic mass is 16.4. The molecule has 1 fully saturated rings. The number of carbonyl (C=O) groups excluding carboxylic acids is 1. The number of nitrogens with one attached hydrogen (secondary N) is 3. The van der Waals surface area contributed by atoms with Crippen molar-refractivity contribution in [3.63, 3.8) is 0 Å². The fourth-order valence-corrected chi connectivity index (χ4v) is 6.26. The van der Waals surface area contributed by atoms with Crippen LogP contribution in [0.4, 0.5) is 0 Å². The van der Waals surface area contributed by atoms with Gasteiger partial charge in [-0.25, -0.2) is 0 Å². The second kappa shape index (κ2) is 42.5. The first-order chi connectivity index (χ1) is 30.6. The highest BCUT2D eigenvalue weighted by Gasteiger charge is 2.26. The summed E-state index contributed by atoms with van der Waals surface area (Å²) in [4.78, 5) is 48.8. The number of carbonyl (C=O) groups is 4. The summed E-state index contributed by atoms with van der Waals surface area (Å²) in [6.07, 6.45) is 16.3. The standard InChI is InChI=1S/C25H39N7O5.C10H22.C7H12O.C3H6O2.2C2H6/c1-4-8-31(16-23(34)35)10-11-32(9-5-2)21(25(36)37)6-7-22(33)26-15-19-12-18(3)13-20(14-19)24-29-27-17-28-30-24;1-4-6-7-8-9-10(3)5-2;1-2-7(8)6-4-3-5-6;1-2-3(4)5;2*1-2/h12-14,17,21H,4-11,15-16H2,1-3H3,(H,26,33)(H,27,28)(H,29,30)(H,34,35)(H,36,37);10H,4-9H2,1-3H3;8H,2-5H2,1H3;2H2,1H3,(H,4,5);2*1-2H3. The highest BCUT2D eigenvalue weighted by molar-refractivity contribution is 6.00. The second-order valence-electron chi connectivity index (χ2n) is 15.4. The molecule has 1 saturated carbocycles. The molecule has 1 amide bonds. The SMILES string of the molecule is CC.CC.CCC(=O)O.CCC(O)=C1CCC1.CCCCCCC(C)CC.CCCN(CCN(CCC)C(CCC(=O)NCc1cc(C)cc(C2=NNC=NN2)c1)C(=O)O)CC(=O)O. The number of amides is 1. The summed E-state index contributed by atoms with van der Waals surface area (Å²) < 4.78 is 0. The molecule has 0 aromatic heterocycles. The molecule has 64 heavy (non-hydrogen) atoms. The molecular weight excluding hydrogens is 815 g/mol. The highest BCUT2D eigenvalue weighted by Crippen LogP contribution is 2.28. The van der Waals surface area contributed by atoms with Gasteiger partial charge < -0.3 is 25.7 Å². The predicted molar refractivity (Wildman–Crippen MR) is 264 cm³/mol. The third-order valence-electron chi connectivity index (χ3n) is 10.1. The number of carboxylic acid groups (broad SMARTS) is 3. The lowest BCUT2D eigenvalue weighted by atomic mass is 9.91. The summed E-state index contributed by atoms with van der Waals surface area (Å²) in [5.41, 5.74) is 9.52. The molecule has 2 aliphatic rings. The van der Waals surface area contributed by atoms with Crippen molar-refractivity contribution in [2.75, 3.05) is 32.7 Å². The first kappa shape index (κ1) is 63.8. The first-order valence-corrected chi connectivity index (χ1v) is 24.2. The predicted octanol–water partition coefficient (Wildman–Crippen LogP) is 10.1. The van der Waals surface area contributed by atoms with Crippen molar-refractivity contribution in [3.05, 3.63) is 46.2 Å². The Morgan fingerprint density at radius 1 is 0.781 bits per heavy atom. The zero-order valence-electron chi connectivity index (χ0n) is 42.0. The molecule has 1 aromatic carbocycles. The summed E-state index contributed by atoms with van der Waals surface area (Å²) in [6, 6.07) is 5.00. The van der Waals surface area contributed by atoms with Gasteiger partial charge in [0.1, 0.15) is 12.4 Å². The number of hydrazone groups is 2. The van der Waals surface area contributed by atoms with Crippen molar-refractivity contribution in [3.8, 4) is 0 Å². The number of carboxylic acids is 3. The molecule has 15 nitrogen and oxygen atoms in total. The molecule has 2 unspecified atom stereocenters. The van der Waals surface area contributed by atoms with Crippen molar-refractivity contribution < 1.29 is 39.6 Å². The Balaban J connectivity index is -0.00000111. The van der Waals surface area contributed by atoms with E-state index in [0.717, 1.165) is 54.7 Å². The summed E-state index contributed by atoms with van der Waals surface area (Å²) in [7, 11) is 0. The molecule has 0 bridgehead atoms. The number of hydrogen-bond acceptors (Lipinski definition) is 11. The number of nitrogens with zero attached hydrogens (tertiary/aromatic N) is 4. The number of aliphatic hydroxyl groups excluding tert-OH is 1. The van der Waals surface area contributed by atoms with E-state index in [-0.39, 0.29) is 31.7 Å². The van der Waals surface area contributed by atoms with Crippen LogP contribution in [0.25, 0.3) is 0 Å². The Hall–Kier alpha value is -4.50. The third kappa shape index (κ3) is 33.1. The molecular formula is C49H91N7O8. The van der Waals surface area contributed by atoms with Gasteiger partial charge >= 0.3 is 17.9 Å². The third-order valence-corrected chi connectivity index (χ3v) is 10.1. The number of benzene rings is 1. The van der Waals surface area contributed by atoms with E-state index in [1.165, 1.54) is 56.9 Å². The number of aliphatic carboxylic acids is 3. The molecule has 1 heterocycles. The number of rotatable bonds is 25. The molecule has 1 aliphatic carbocycles. The monoisotopic (exact) mass is 906 g/mol. The van der Waals surface area contributed by atoms with E-state index < -0.39 is 23.9 Å². The minimum Gasteiger partial charge on any atom is -0.512 e. The number of amidine groups is 1. The van der Waals surface area contributed by atoms with Crippen molar-refractivity contribution in [1.29, 1.82) is 0 Å². The number of aryl methyl sites for hydroxylation is 1. The lowest BCUT2D eigenvalue weighted by molar-refractivity contribution is -0.144. The number of unbranched alkanes of at least 4 members (excludes halogenated alkanes) is 3. The van der Waals surface area contributed by atoms with Gasteiger partial charge in [0, 0.05) is 44.5 Å². The zero-order valence-corrected chi connectivity index (χ0v) is 42.0. The van der Waals surface area contributed by atoms with Crippen LogP contribution in [0.15, 0.2) is 39.7 Å². The lowest BCUT2D eigenvalue weighted by Crippen LogP contribution is -2.46. The van der Waals surface area contributed by atoms with Crippen molar-refractivity contribution in [2.24, 2.45) is 16.1 Å². The van der Waals surface area contributed by atoms with Crippen LogP contribution in [-0.4, -0.2) is 105 Å². The fraction of sp³-hybridized carbons (Fsp3) is 0.714. The van der Waals surface area contributed by atoms with E-state index in [9.17, 15) is 24.3 Å². The van der Waals surface area contributed by atoms with Crippen molar-refractivity contribution in [2.45, 2.75) is 192 Å². The molecule has 1 aliphatic heterocycles. The molecule has 1 aromatic rings. The van der Waals surface area contributed by atoms with E-state index in [1.807, 2.05) is 83.4 Å². The van der Waals surface area contributed by atoms with Crippen molar-refractivity contribution in [1.82, 2.24) is 26.0 Å². The molecule has 0 spiro atoms. The maximum atomic E-state index is 12.6. The molecule has 3 rings (SSSR count).